The highest BCUT2D eigenvalue weighted by atomic mass is 79.9. The molecule has 0 bridgehead atoms. The molecule has 0 unspecified atom stereocenters. The molecule has 0 radical (unpaired) electrons. The molecule has 0 aliphatic heterocycles. The molecule has 0 aliphatic rings. The van der Waals surface area contributed by atoms with E-state index in [1.807, 2.05) is 26.8 Å². The second-order valence-electron chi connectivity index (χ2n) is 3.14. The predicted octanol–water partition coefficient (Wildman–Crippen LogP) is 4.28. The number of hydrogen-bond acceptors (Lipinski definition) is 1. The number of aromatic nitrogens is 1. The lowest BCUT2D eigenvalue weighted by molar-refractivity contribution is 1.28. The zero-order valence-electron chi connectivity index (χ0n) is 9.40. The molecule has 2 aromatic rings. The molecule has 16 heavy (non-hydrogen) atoms. The van der Waals surface area contributed by atoms with Crippen LogP contribution in [-0.4, -0.2) is 4.98 Å². The van der Waals surface area contributed by atoms with Crippen molar-refractivity contribution in [3.8, 4) is 0 Å². The van der Waals surface area contributed by atoms with Gasteiger partial charge in [0.05, 0.1) is 4.47 Å². The molecule has 86 valence electrons. The van der Waals surface area contributed by atoms with Crippen LogP contribution in [0.25, 0.3) is 10.9 Å². The first kappa shape index (κ1) is 13.3. The highest BCUT2D eigenvalue weighted by molar-refractivity contribution is 9.10. The van der Waals surface area contributed by atoms with Crippen LogP contribution >= 0.6 is 27.5 Å². The number of nitrogens with one attached hydrogen (secondary N) is 1. The van der Waals surface area contributed by atoms with E-state index in [1.54, 1.807) is 12.1 Å². The highest BCUT2D eigenvalue weighted by Gasteiger charge is 2.02. The lowest BCUT2D eigenvalue weighted by Crippen LogP contribution is -2.05. The summed E-state index contributed by atoms with van der Waals surface area (Å²) in [5.74, 6) is 0. The molecule has 2 rings (SSSR count). The van der Waals surface area contributed by atoms with Crippen molar-refractivity contribution >= 4 is 38.4 Å². The molecular formula is C12H13BrClNO. The van der Waals surface area contributed by atoms with Crippen LogP contribution in [0.15, 0.2) is 27.5 Å². The maximum atomic E-state index is 11.3. The number of halogens is 2. The fraction of sp³-hybridized carbons (Fsp3) is 0.250. The summed E-state index contributed by atoms with van der Waals surface area (Å²) >= 11 is 9.13. The molecule has 1 heterocycles. The first-order valence-electron chi connectivity index (χ1n) is 5.06. The van der Waals surface area contributed by atoms with Gasteiger partial charge in [0, 0.05) is 10.5 Å². The minimum absolute atomic E-state index is 0.141. The molecule has 0 saturated heterocycles. The third-order valence-electron chi connectivity index (χ3n) is 2.08. The molecule has 0 spiro atoms. The van der Waals surface area contributed by atoms with E-state index in [1.165, 1.54) is 0 Å². The summed E-state index contributed by atoms with van der Waals surface area (Å²) in [7, 11) is 0. The highest BCUT2D eigenvalue weighted by Crippen LogP contribution is 2.22. The Morgan fingerprint density at radius 3 is 2.50 bits per heavy atom. The molecule has 0 atom stereocenters. The van der Waals surface area contributed by atoms with Crippen LogP contribution < -0.4 is 5.56 Å². The number of fused-ring (bicyclic) bond motifs is 1. The fourth-order valence-corrected chi connectivity index (χ4v) is 1.83. The predicted molar refractivity (Wildman–Crippen MR) is 73.4 cm³/mol. The first-order chi connectivity index (χ1) is 7.58. The third kappa shape index (κ3) is 2.66. The summed E-state index contributed by atoms with van der Waals surface area (Å²) in [6, 6.07) is 5.50. The van der Waals surface area contributed by atoms with Crippen LogP contribution in [0.3, 0.4) is 0 Å². The van der Waals surface area contributed by atoms with E-state index in [2.05, 4.69) is 20.9 Å². The average molecular weight is 303 g/mol. The van der Waals surface area contributed by atoms with Gasteiger partial charge < -0.3 is 4.98 Å². The fourth-order valence-electron chi connectivity index (χ4n) is 1.32. The van der Waals surface area contributed by atoms with Crippen LogP contribution in [-0.2, 0) is 0 Å². The van der Waals surface area contributed by atoms with E-state index in [0.717, 1.165) is 16.5 Å². The lowest BCUT2D eigenvalue weighted by atomic mass is 10.1. The Balaban J connectivity index is 0.000000606. The van der Waals surface area contributed by atoms with Gasteiger partial charge in [0.1, 0.15) is 0 Å². The number of aromatic amines is 1. The number of rotatable bonds is 0. The van der Waals surface area contributed by atoms with Gasteiger partial charge in [-0.1, -0.05) is 25.4 Å². The monoisotopic (exact) mass is 301 g/mol. The summed E-state index contributed by atoms with van der Waals surface area (Å²) < 4.78 is 0.534. The van der Waals surface area contributed by atoms with Crippen molar-refractivity contribution < 1.29 is 0 Å². The summed E-state index contributed by atoms with van der Waals surface area (Å²) in [5, 5.41) is 1.63. The average Bonchev–Trinajstić information content (AvgIpc) is 2.26. The van der Waals surface area contributed by atoms with Crippen LogP contribution in [0.5, 0.6) is 0 Å². The number of pyridine rings is 1. The zero-order valence-corrected chi connectivity index (χ0v) is 11.7. The molecule has 4 heteroatoms. The topological polar surface area (TPSA) is 32.9 Å². The van der Waals surface area contributed by atoms with Gasteiger partial charge >= 0.3 is 0 Å². The van der Waals surface area contributed by atoms with Crippen LogP contribution in [0.1, 0.15) is 19.4 Å². The standard InChI is InChI=1S/C10H7BrClNO.C2H6/c1-5-2-6-3-7(11)10(14)13-9(6)4-8(5)12;1-2/h2-4H,1H3,(H,13,14);1-2H3. The van der Waals surface area contributed by atoms with Gasteiger partial charge in [0.15, 0.2) is 0 Å². The van der Waals surface area contributed by atoms with E-state index in [4.69, 9.17) is 11.6 Å². The Bertz CT molecular complexity index is 563. The van der Waals surface area contributed by atoms with Gasteiger partial charge in [0.2, 0.25) is 0 Å². The van der Waals surface area contributed by atoms with E-state index in [9.17, 15) is 4.79 Å². The van der Waals surface area contributed by atoms with Gasteiger partial charge in [-0.3, -0.25) is 4.79 Å². The minimum atomic E-state index is -0.141. The van der Waals surface area contributed by atoms with Crippen LogP contribution in [0, 0.1) is 6.92 Å². The van der Waals surface area contributed by atoms with Gasteiger partial charge in [-0.2, -0.15) is 0 Å². The molecule has 0 amide bonds. The van der Waals surface area contributed by atoms with Gasteiger partial charge in [-0.15, -0.1) is 0 Å². The van der Waals surface area contributed by atoms with E-state index < -0.39 is 0 Å². The zero-order chi connectivity index (χ0) is 12.3. The number of aryl methyl sites for hydroxylation is 1. The molecule has 0 fully saturated rings. The Labute approximate surface area is 108 Å². The number of benzene rings is 1. The molecule has 0 saturated carbocycles. The van der Waals surface area contributed by atoms with Crippen molar-refractivity contribution in [2.24, 2.45) is 0 Å². The van der Waals surface area contributed by atoms with E-state index >= 15 is 0 Å². The van der Waals surface area contributed by atoms with Crippen molar-refractivity contribution in [1.82, 2.24) is 4.98 Å². The summed E-state index contributed by atoms with van der Waals surface area (Å²) in [6.45, 7) is 5.93. The van der Waals surface area contributed by atoms with Crippen molar-refractivity contribution in [3.05, 3.63) is 43.6 Å². The maximum absolute atomic E-state index is 11.3. The van der Waals surface area contributed by atoms with Gasteiger partial charge in [0.25, 0.3) is 5.56 Å². The van der Waals surface area contributed by atoms with Gasteiger partial charge in [-0.05, 0) is 52.0 Å². The Hall–Kier alpha value is -0.800. The lowest BCUT2D eigenvalue weighted by Gasteiger charge is -2.02. The van der Waals surface area contributed by atoms with Crippen molar-refractivity contribution in [2.45, 2.75) is 20.8 Å². The molecule has 0 aliphatic carbocycles. The Morgan fingerprint density at radius 1 is 1.25 bits per heavy atom. The molecule has 1 aromatic carbocycles. The van der Waals surface area contributed by atoms with Crippen molar-refractivity contribution in [1.29, 1.82) is 0 Å². The Kier molecular flexibility index (Phi) is 4.56. The van der Waals surface area contributed by atoms with Crippen molar-refractivity contribution in [3.63, 3.8) is 0 Å². The smallest absolute Gasteiger partial charge is 0.262 e. The minimum Gasteiger partial charge on any atom is -0.321 e. The van der Waals surface area contributed by atoms with E-state index in [-0.39, 0.29) is 5.56 Å². The quantitative estimate of drug-likeness (QED) is 0.774. The molecule has 2 nitrogen and oxygen atoms in total. The number of H-pyrrole nitrogens is 1. The Morgan fingerprint density at radius 2 is 1.88 bits per heavy atom. The van der Waals surface area contributed by atoms with Crippen molar-refractivity contribution in [2.75, 3.05) is 0 Å². The molecule has 1 aromatic heterocycles. The number of hydrogen-bond donors (Lipinski definition) is 1. The SMILES string of the molecule is CC.Cc1cc2cc(Br)c(=O)[nH]c2cc1Cl. The van der Waals surface area contributed by atoms with Crippen LogP contribution in [0.2, 0.25) is 5.02 Å². The first-order valence-corrected chi connectivity index (χ1v) is 6.24. The van der Waals surface area contributed by atoms with Gasteiger partial charge in [-0.25, -0.2) is 0 Å². The van der Waals surface area contributed by atoms with E-state index in [0.29, 0.717) is 9.50 Å². The molecular weight excluding hydrogens is 289 g/mol. The summed E-state index contributed by atoms with van der Waals surface area (Å²) in [5.41, 5.74) is 1.62. The summed E-state index contributed by atoms with van der Waals surface area (Å²) in [4.78, 5) is 14.0. The second kappa shape index (κ2) is 5.51. The second-order valence-corrected chi connectivity index (χ2v) is 4.40. The third-order valence-corrected chi connectivity index (χ3v) is 3.07. The largest absolute Gasteiger partial charge is 0.321 e. The maximum Gasteiger partial charge on any atom is 0.262 e. The summed E-state index contributed by atoms with van der Waals surface area (Å²) in [6.07, 6.45) is 0. The molecule has 1 N–H and O–H groups in total. The normalized spacial score (nSPS) is 9.81. The van der Waals surface area contributed by atoms with Crippen LogP contribution in [0.4, 0.5) is 0 Å².